The summed E-state index contributed by atoms with van der Waals surface area (Å²) in [5.41, 5.74) is 3.99. The van der Waals surface area contributed by atoms with E-state index < -0.39 is 6.04 Å². The van der Waals surface area contributed by atoms with Gasteiger partial charge >= 0.3 is 0 Å². The summed E-state index contributed by atoms with van der Waals surface area (Å²) in [6.45, 7) is 4.42. The molecule has 0 radical (unpaired) electrons. The molecule has 2 aromatic heterocycles. The maximum absolute atomic E-state index is 13.5. The summed E-state index contributed by atoms with van der Waals surface area (Å²) in [6, 6.07) is 21.1. The van der Waals surface area contributed by atoms with E-state index in [1.165, 1.54) is 5.56 Å². The Balaban J connectivity index is 1.49. The Bertz CT molecular complexity index is 1370. The normalized spacial score (nSPS) is 14.7. The van der Waals surface area contributed by atoms with E-state index in [-0.39, 0.29) is 5.91 Å². The van der Waals surface area contributed by atoms with Crippen molar-refractivity contribution in [1.29, 1.82) is 0 Å². The molecule has 36 heavy (non-hydrogen) atoms. The monoisotopic (exact) mass is 498 g/mol. The van der Waals surface area contributed by atoms with E-state index in [1.54, 1.807) is 34.9 Å². The van der Waals surface area contributed by atoms with Crippen LogP contribution in [0.15, 0.2) is 95.6 Å². The zero-order chi connectivity index (χ0) is 24.9. The molecular weight excluding hydrogens is 472 g/mol. The van der Waals surface area contributed by atoms with Crippen molar-refractivity contribution in [2.45, 2.75) is 30.8 Å². The van der Waals surface area contributed by atoms with Gasteiger partial charge in [-0.3, -0.25) is 9.78 Å². The van der Waals surface area contributed by atoms with Crippen molar-refractivity contribution >= 4 is 29.3 Å². The first-order valence-electron chi connectivity index (χ1n) is 11.7. The molecule has 0 saturated carbocycles. The molecule has 8 nitrogen and oxygen atoms in total. The van der Waals surface area contributed by atoms with Crippen LogP contribution >= 0.6 is 11.8 Å². The largest absolute Gasteiger partial charge is 0.494 e. The van der Waals surface area contributed by atoms with E-state index in [4.69, 9.17) is 14.8 Å². The first-order chi connectivity index (χ1) is 17.6. The molecule has 4 aromatic rings. The van der Waals surface area contributed by atoms with Gasteiger partial charge in [-0.1, -0.05) is 54.2 Å². The molecule has 1 atom stereocenters. The fraction of sp³-hybridized carbons (Fsp3) is 0.185. The van der Waals surface area contributed by atoms with Crippen LogP contribution in [0.3, 0.4) is 0 Å². The molecule has 2 N–H and O–H groups in total. The number of carbonyl (C=O) groups excluding carboxylic acids is 1. The number of ether oxygens (including phenoxy) is 1. The van der Waals surface area contributed by atoms with Crippen molar-refractivity contribution in [3.63, 3.8) is 0 Å². The molecular formula is C27H26N6O2S. The third kappa shape index (κ3) is 5.11. The molecule has 9 heteroatoms. The second kappa shape index (κ2) is 10.7. The number of nitrogens with one attached hydrogen (secondary N) is 2. The summed E-state index contributed by atoms with van der Waals surface area (Å²) < 4.78 is 7.41. The Kier molecular flexibility index (Phi) is 6.99. The highest BCUT2D eigenvalue weighted by Gasteiger charge is 2.34. The van der Waals surface area contributed by atoms with Crippen molar-refractivity contribution in [2.75, 3.05) is 17.2 Å². The molecule has 0 spiro atoms. The van der Waals surface area contributed by atoms with Gasteiger partial charge in [-0.05, 0) is 49.2 Å². The number of anilines is 2. The van der Waals surface area contributed by atoms with Gasteiger partial charge in [0, 0.05) is 17.6 Å². The Morgan fingerprint density at radius 3 is 2.64 bits per heavy atom. The highest BCUT2D eigenvalue weighted by Crippen LogP contribution is 2.37. The molecule has 0 aliphatic carbocycles. The third-order valence-corrected chi connectivity index (χ3v) is 6.62. The van der Waals surface area contributed by atoms with Crippen LogP contribution in [-0.2, 0) is 10.5 Å². The highest BCUT2D eigenvalue weighted by atomic mass is 32.2. The summed E-state index contributed by atoms with van der Waals surface area (Å²) in [4.78, 5) is 22.4. The standard InChI is InChI=1S/C27H26N6O2S/c1-3-35-22-13-11-20(12-14-22)24-23(25(34)30-21-10-7-15-28-16-21)18(2)29-26-31-27(32-33(24)26)36-17-19-8-5-4-6-9-19/h4-16,24H,3,17H2,1-2H3,(H,30,34)(H,29,31,32)/t24-/m1/s1. The minimum atomic E-state index is -0.466. The number of nitrogens with zero attached hydrogens (tertiary/aromatic N) is 4. The fourth-order valence-electron chi connectivity index (χ4n) is 4.07. The lowest BCUT2D eigenvalue weighted by Gasteiger charge is -2.28. The summed E-state index contributed by atoms with van der Waals surface area (Å²) in [5, 5.41) is 11.7. The summed E-state index contributed by atoms with van der Waals surface area (Å²) >= 11 is 1.56. The maximum Gasteiger partial charge on any atom is 0.255 e. The molecule has 5 rings (SSSR count). The summed E-state index contributed by atoms with van der Waals surface area (Å²) in [6.07, 6.45) is 3.29. The van der Waals surface area contributed by atoms with Gasteiger partial charge in [-0.25, -0.2) is 4.68 Å². The topological polar surface area (TPSA) is 94.0 Å². The molecule has 3 heterocycles. The lowest BCUT2D eigenvalue weighted by molar-refractivity contribution is -0.113. The molecule has 1 aliphatic heterocycles. The van der Waals surface area contributed by atoms with Crippen LogP contribution in [-0.4, -0.2) is 32.3 Å². The lowest BCUT2D eigenvalue weighted by Crippen LogP contribution is -2.31. The number of amides is 1. The Morgan fingerprint density at radius 1 is 1.11 bits per heavy atom. The van der Waals surface area contributed by atoms with E-state index >= 15 is 0 Å². The second-order valence-electron chi connectivity index (χ2n) is 8.20. The number of pyridine rings is 1. The highest BCUT2D eigenvalue weighted by molar-refractivity contribution is 7.98. The minimum Gasteiger partial charge on any atom is -0.494 e. The van der Waals surface area contributed by atoms with E-state index in [2.05, 4.69) is 27.8 Å². The number of fused-ring (bicyclic) bond motifs is 1. The number of hydrogen-bond acceptors (Lipinski definition) is 7. The average molecular weight is 499 g/mol. The van der Waals surface area contributed by atoms with E-state index in [0.29, 0.717) is 29.0 Å². The minimum absolute atomic E-state index is 0.230. The maximum atomic E-state index is 13.5. The molecule has 1 amide bonds. The third-order valence-electron chi connectivity index (χ3n) is 5.71. The van der Waals surface area contributed by atoms with Gasteiger partial charge in [0.25, 0.3) is 5.91 Å². The molecule has 0 unspecified atom stereocenters. The van der Waals surface area contributed by atoms with Crippen molar-refractivity contribution in [1.82, 2.24) is 19.7 Å². The predicted octanol–water partition coefficient (Wildman–Crippen LogP) is 5.29. The van der Waals surface area contributed by atoms with Crippen molar-refractivity contribution in [2.24, 2.45) is 0 Å². The number of benzene rings is 2. The van der Waals surface area contributed by atoms with Gasteiger partial charge in [0.1, 0.15) is 11.8 Å². The zero-order valence-corrected chi connectivity index (χ0v) is 20.8. The van der Waals surface area contributed by atoms with E-state index in [0.717, 1.165) is 22.8 Å². The zero-order valence-electron chi connectivity index (χ0n) is 20.0. The Hall–Kier alpha value is -4.11. The van der Waals surface area contributed by atoms with Crippen LogP contribution < -0.4 is 15.4 Å². The number of thioether (sulfide) groups is 1. The number of allylic oxidation sites excluding steroid dienone is 1. The quantitative estimate of drug-likeness (QED) is 0.319. The number of hydrogen-bond donors (Lipinski definition) is 2. The molecule has 1 aliphatic rings. The van der Waals surface area contributed by atoms with Crippen LogP contribution in [0.1, 0.15) is 31.0 Å². The lowest BCUT2D eigenvalue weighted by atomic mass is 9.95. The van der Waals surface area contributed by atoms with Crippen molar-refractivity contribution in [3.8, 4) is 5.75 Å². The molecule has 0 fully saturated rings. The van der Waals surface area contributed by atoms with Crippen molar-refractivity contribution in [3.05, 3.63) is 102 Å². The Labute approximate surface area is 213 Å². The fourth-order valence-corrected chi connectivity index (χ4v) is 4.85. The summed E-state index contributed by atoms with van der Waals surface area (Å²) in [5.74, 6) is 1.89. The molecule has 0 bridgehead atoms. The number of carbonyl (C=O) groups is 1. The number of rotatable bonds is 8. The first kappa shape index (κ1) is 23.6. The van der Waals surface area contributed by atoms with Crippen LogP contribution in [0.25, 0.3) is 0 Å². The Morgan fingerprint density at radius 2 is 1.92 bits per heavy atom. The van der Waals surface area contributed by atoms with Gasteiger partial charge < -0.3 is 15.4 Å². The van der Waals surface area contributed by atoms with Crippen molar-refractivity contribution < 1.29 is 9.53 Å². The smallest absolute Gasteiger partial charge is 0.255 e. The predicted molar refractivity (Wildman–Crippen MR) is 141 cm³/mol. The van der Waals surface area contributed by atoms with Gasteiger partial charge in [-0.15, -0.1) is 5.10 Å². The first-order valence-corrected chi connectivity index (χ1v) is 12.7. The van der Waals surface area contributed by atoms with Gasteiger partial charge in [-0.2, -0.15) is 4.98 Å². The van der Waals surface area contributed by atoms with E-state index in [9.17, 15) is 4.79 Å². The van der Waals surface area contributed by atoms with Crippen LogP contribution in [0.5, 0.6) is 5.75 Å². The van der Waals surface area contributed by atoms with E-state index in [1.807, 2.05) is 62.4 Å². The SMILES string of the molecule is CCOc1ccc([C@@H]2C(C(=O)Nc3cccnc3)=C(C)Nc3nc(SCc4ccccc4)nn32)cc1. The van der Waals surface area contributed by atoms with Crippen LogP contribution in [0, 0.1) is 0 Å². The molecule has 2 aromatic carbocycles. The van der Waals surface area contributed by atoms with Crippen LogP contribution in [0.2, 0.25) is 0 Å². The van der Waals surface area contributed by atoms with Gasteiger partial charge in [0.15, 0.2) is 0 Å². The van der Waals surface area contributed by atoms with Gasteiger partial charge in [0.05, 0.1) is 24.1 Å². The van der Waals surface area contributed by atoms with Crippen LogP contribution in [0.4, 0.5) is 11.6 Å². The molecule has 182 valence electrons. The summed E-state index contributed by atoms with van der Waals surface area (Å²) in [7, 11) is 0. The second-order valence-corrected chi connectivity index (χ2v) is 9.14. The average Bonchev–Trinajstić information content (AvgIpc) is 3.31. The number of aromatic nitrogens is 4. The van der Waals surface area contributed by atoms with Gasteiger partial charge in [0.2, 0.25) is 11.1 Å². The molecule has 0 saturated heterocycles.